The molecule has 0 N–H and O–H groups in total. The molecule has 1 aromatic carbocycles. The van der Waals surface area contributed by atoms with E-state index in [9.17, 15) is 9.18 Å². The molecule has 2 amide bonds. The van der Waals surface area contributed by atoms with Crippen LogP contribution in [0.2, 0.25) is 0 Å². The predicted octanol–water partition coefficient (Wildman–Crippen LogP) is 3.90. The number of hydrogen-bond donors (Lipinski definition) is 0. The summed E-state index contributed by atoms with van der Waals surface area (Å²) in [6, 6.07) is 6.33. The van der Waals surface area contributed by atoms with Crippen LogP contribution >= 0.6 is 0 Å². The van der Waals surface area contributed by atoms with Crippen LogP contribution in [0.5, 0.6) is 0 Å². The van der Waals surface area contributed by atoms with Crippen LogP contribution in [0.4, 0.5) is 14.9 Å². The molecule has 0 radical (unpaired) electrons. The van der Waals surface area contributed by atoms with Crippen LogP contribution < -0.4 is 4.90 Å². The van der Waals surface area contributed by atoms with E-state index in [0.29, 0.717) is 5.69 Å². The summed E-state index contributed by atoms with van der Waals surface area (Å²) in [6.07, 6.45) is 5.02. The second-order valence-corrected chi connectivity index (χ2v) is 8.31. The molecule has 2 fully saturated rings. The van der Waals surface area contributed by atoms with Crippen molar-refractivity contribution in [2.45, 2.75) is 57.5 Å². The summed E-state index contributed by atoms with van der Waals surface area (Å²) in [4.78, 5) is 24.1. The van der Waals surface area contributed by atoms with Gasteiger partial charge in [-0.3, -0.25) is 9.80 Å². The number of carbonyl (C=O) groups excluding carboxylic acids is 1. The second kappa shape index (κ2) is 8.16. The van der Waals surface area contributed by atoms with Gasteiger partial charge in [-0.05, 0) is 64.2 Å². The molecule has 2 saturated heterocycles. The zero-order valence-electron chi connectivity index (χ0n) is 17.3. The first-order valence-corrected chi connectivity index (χ1v) is 10.6. The highest BCUT2D eigenvalue weighted by atomic mass is 19.1. The Morgan fingerprint density at radius 3 is 2.72 bits per heavy atom. The van der Waals surface area contributed by atoms with Gasteiger partial charge in [0.25, 0.3) is 0 Å². The number of hydrogen-bond acceptors (Lipinski definition) is 3. The molecule has 0 aliphatic carbocycles. The van der Waals surface area contributed by atoms with Crippen molar-refractivity contribution < 1.29 is 9.18 Å². The Hall–Kier alpha value is -2.39. The van der Waals surface area contributed by atoms with Crippen LogP contribution in [0.3, 0.4) is 0 Å². The molecule has 0 unspecified atom stereocenters. The van der Waals surface area contributed by atoms with Gasteiger partial charge in [0.1, 0.15) is 17.2 Å². The standard InChI is InChI=1S/C23H29FN4O/c1-3-4-12-26-15-11-23(17-18(26)2)21(27-13-6-5-7-14-27)25-22(29)28(23)20-10-8-9-19(24)16-20/h8-10,16,18H,5-7,11-15,17H2,1-2H3/t18-,23+/m0/s1. The molecule has 1 spiro atoms. The summed E-state index contributed by atoms with van der Waals surface area (Å²) >= 11 is 0. The maximum Gasteiger partial charge on any atom is 0.350 e. The van der Waals surface area contributed by atoms with Crippen molar-refractivity contribution in [2.24, 2.45) is 4.99 Å². The molecular weight excluding hydrogens is 367 g/mol. The number of likely N-dealkylation sites (tertiary alicyclic amines) is 2. The fourth-order valence-electron chi connectivity index (χ4n) is 5.06. The maximum absolute atomic E-state index is 14.0. The molecule has 3 aliphatic rings. The van der Waals surface area contributed by atoms with Gasteiger partial charge in [0, 0.05) is 31.4 Å². The van der Waals surface area contributed by atoms with E-state index in [4.69, 9.17) is 0 Å². The lowest BCUT2D eigenvalue weighted by Crippen LogP contribution is -2.64. The number of urea groups is 1. The van der Waals surface area contributed by atoms with Crippen LogP contribution in [0.25, 0.3) is 0 Å². The minimum atomic E-state index is -0.516. The summed E-state index contributed by atoms with van der Waals surface area (Å²) in [5, 5.41) is 0. The minimum absolute atomic E-state index is 0.251. The second-order valence-electron chi connectivity index (χ2n) is 8.31. The molecule has 29 heavy (non-hydrogen) atoms. The van der Waals surface area contributed by atoms with Crippen LogP contribution in [0.15, 0.2) is 29.3 Å². The molecule has 2 atom stereocenters. The Labute approximate surface area is 172 Å². The third-order valence-electron chi connectivity index (χ3n) is 6.49. The summed E-state index contributed by atoms with van der Waals surface area (Å²) in [7, 11) is 0. The summed E-state index contributed by atoms with van der Waals surface area (Å²) in [5.41, 5.74) is 0.0809. The highest BCUT2D eigenvalue weighted by Crippen LogP contribution is 2.42. The van der Waals surface area contributed by atoms with Gasteiger partial charge >= 0.3 is 6.03 Å². The van der Waals surface area contributed by atoms with E-state index < -0.39 is 5.54 Å². The average Bonchev–Trinajstić information content (AvgIpc) is 2.99. The molecule has 6 heteroatoms. The monoisotopic (exact) mass is 396 g/mol. The molecule has 0 aromatic heterocycles. The van der Waals surface area contributed by atoms with Crippen molar-refractivity contribution in [3.63, 3.8) is 0 Å². The number of piperidine rings is 2. The van der Waals surface area contributed by atoms with E-state index in [-0.39, 0.29) is 17.9 Å². The van der Waals surface area contributed by atoms with Crippen molar-refractivity contribution in [3.8, 4) is 11.8 Å². The highest BCUT2D eigenvalue weighted by molar-refractivity contribution is 6.16. The fraction of sp³-hybridized carbons (Fsp3) is 0.565. The molecule has 5 nitrogen and oxygen atoms in total. The number of benzene rings is 1. The Balaban J connectivity index is 1.72. The summed E-state index contributed by atoms with van der Waals surface area (Å²) in [6.45, 7) is 7.49. The van der Waals surface area contributed by atoms with Crippen molar-refractivity contribution in [2.75, 3.05) is 31.1 Å². The van der Waals surface area contributed by atoms with E-state index >= 15 is 0 Å². The third-order valence-corrected chi connectivity index (χ3v) is 6.49. The molecular formula is C23H29FN4O. The Morgan fingerprint density at radius 1 is 1.24 bits per heavy atom. The first-order valence-electron chi connectivity index (χ1n) is 10.6. The average molecular weight is 397 g/mol. The van der Waals surface area contributed by atoms with E-state index in [0.717, 1.165) is 57.7 Å². The first-order chi connectivity index (χ1) is 14.0. The van der Waals surface area contributed by atoms with Gasteiger partial charge in [0.2, 0.25) is 0 Å². The number of carbonyl (C=O) groups is 1. The van der Waals surface area contributed by atoms with Gasteiger partial charge in [-0.2, -0.15) is 4.99 Å². The van der Waals surface area contributed by atoms with Crippen molar-refractivity contribution >= 4 is 17.6 Å². The largest absolute Gasteiger partial charge is 0.358 e. The molecule has 3 aliphatic heterocycles. The molecule has 0 bridgehead atoms. The molecule has 1 aromatic rings. The van der Waals surface area contributed by atoms with Crippen molar-refractivity contribution in [1.29, 1.82) is 0 Å². The Morgan fingerprint density at radius 2 is 2.03 bits per heavy atom. The first kappa shape index (κ1) is 19.9. The SMILES string of the molecule is CC#CCN1CC[C@@]2(C[C@@H]1C)C(N1CCCCC1)=NC(=O)N2c1cccc(F)c1. The third kappa shape index (κ3) is 3.64. The smallest absolute Gasteiger partial charge is 0.350 e. The van der Waals surface area contributed by atoms with Crippen molar-refractivity contribution in [3.05, 3.63) is 30.1 Å². The molecule has 0 saturated carbocycles. The predicted molar refractivity (Wildman–Crippen MR) is 114 cm³/mol. The molecule has 154 valence electrons. The van der Waals surface area contributed by atoms with Gasteiger partial charge in [-0.25, -0.2) is 9.18 Å². The Bertz CT molecular complexity index is 867. The lowest BCUT2D eigenvalue weighted by atomic mass is 9.80. The number of halogens is 1. The topological polar surface area (TPSA) is 39.1 Å². The van der Waals surface area contributed by atoms with Gasteiger partial charge in [-0.1, -0.05) is 12.0 Å². The van der Waals surface area contributed by atoms with E-state index in [1.807, 2.05) is 13.0 Å². The van der Waals surface area contributed by atoms with Gasteiger partial charge < -0.3 is 4.90 Å². The van der Waals surface area contributed by atoms with Gasteiger partial charge in [-0.15, -0.1) is 5.92 Å². The van der Waals surface area contributed by atoms with E-state index in [1.54, 1.807) is 11.0 Å². The lowest BCUT2D eigenvalue weighted by Gasteiger charge is -2.49. The highest BCUT2D eigenvalue weighted by Gasteiger charge is 2.54. The van der Waals surface area contributed by atoms with E-state index in [2.05, 4.69) is 33.6 Å². The normalized spacial score (nSPS) is 27.8. The van der Waals surface area contributed by atoms with Crippen molar-refractivity contribution in [1.82, 2.24) is 9.80 Å². The number of nitrogens with zero attached hydrogens (tertiary/aromatic N) is 4. The molecule has 3 heterocycles. The Kier molecular flexibility index (Phi) is 5.60. The number of amidine groups is 1. The number of rotatable bonds is 2. The van der Waals surface area contributed by atoms with Crippen LogP contribution in [0, 0.1) is 17.7 Å². The zero-order valence-corrected chi connectivity index (χ0v) is 17.3. The minimum Gasteiger partial charge on any atom is -0.358 e. The van der Waals surface area contributed by atoms with Gasteiger partial charge in [0.15, 0.2) is 0 Å². The lowest BCUT2D eigenvalue weighted by molar-refractivity contribution is 0.140. The summed E-state index contributed by atoms with van der Waals surface area (Å²) in [5.74, 6) is 6.70. The summed E-state index contributed by atoms with van der Waals surface area (Å²) < 4.78 is 14.0. The van der Waals surface area contributed by atoms with Crippen LogP contribution in [-0.2, 0) is 0 Å². The maximum atomic E-state index is 14.0. The quantitative estimate of drug-likeness (QED) is 0.712. The van der Waals surface area contributed by atoms with Gasteiger partial charge in [0.05, 0.1) is 6.54 Å². The number of aliphatic imine (C=N–C) groups is 1. The van der Waals surface area contributed by atoms with E-state index in [1.165, 1.54) is 18.6 Å². The number of anilines is 1. The number of amides is 2. The van der Waals surface area contributed by atoms with Crippen LogP contribution in [0.1, 0.15) is 46.0 Å². The molecule has 4 rings (SSSR count). The fourth-order valence-corrected chi connectivity index (χ4v) is 5.06. The van der Waals surface area contributed by atoms with Crippen LogP contribution in [-0.4, -0.2) is 59.4 Å². The zero-order chi connectivity index (χ0) is 20.4.